The lowest BCUT2D eigenvalue weighted by atomic mass is 9.80. The summed E-state index contributed by atoms with van der Waals surface area (Å²) in [5.41, 5.74) is 3.12. The Morgan fingerprint density at radius 1 is 1.23 bits per heavy atom. The lowest BCUT2D eigenvalue weighted by Crippen LogP contribution is -2.51. The Bertz CT molecular complexity index is 1080. The van der Waals surface area contributed by atoms with E-state index < -0.39 is 0 Å². The molecule has 5 rings (SSSR count). The molecule has 2 aliphatic rings. The second-order valence-corrected chi connectivity index (χ2v) is 8.47. The zero-order valence-electron chi connectivity index (χ0n) is 17.5. The molecule has 0 saturated carbocycles. The summed E-state index contributed by atoms with van der Waals surface area (Å²) >= 11 is 0. The highest BCUT2D eigenvalue weighted by atomic mass is 16.5. The number of aryl methyl sites for hydroxylation is 1. The van der Waals surface area contributed by atoms with E-state index in [0.29, 0.717) is 5.56 Å². The van der Waals surface area contributed by atoms with Gasteiger partial charge in [-0.05, 0) is 51.1 Å². The predicted octanol–water partition coefficient (Wildman–Crippen LogP) is 3.17. The van der Waals surface area contributed by atoms with Crippen molar-refractivity contribution in [3.8, 4) is 5.75 Å². The van der Waals surface area contributed by atoms with Crippen LogP contribution in [-0.2, 0) is 6.54 Å². The number of hydrogen-bond donors (Lipinski definition) is 1. The normalized spacial score (nSPS) is 20.7. The molecule has 0 unspecified atom stereocenters. The Kier molecular flexibility index (Phi) is 4.70. The van der Waals surface area contributed by atoms with E-state index in [4.69, 9.17) is 4.74 Å². The van der Waals surface area contributed by atoms with Gasteiger partial charge in [0, 0.05) is 37.2 Å². The molecule has 30 heavy (non-hydrogen) atoms. The third kappa shape index (κ3) is 3.33. The minimum atomic E-state index is -0.216. The fraction of sp³-hybridized carbons (Fsp3) is 0.435. The van der Waals surface area contributed by atoms with Crippen LogP contribution in [0.5, 0.6) is 5.75 Å². The molecule has 156 valence electrons. The van der Waals surface area contributed by atoms with Crippen LogP contribution < -0.4 is 10.1 Å². The summed E-state index contributed by atoms with van der Waals surface area (Å²) in [6, 6.07) is 13.6. The first-order valence-electron chi connectivity index (χ1n) is 10.7. The Balaban J connectivity index is 1.42. The molecule has 1 spiro atoms. The standard InChI is InChI=1S/C23H27N5O2/c1-3-28-20-9-8-16(14-18(20)25-26-28)22(29)24-19-15-23(10-12-27(2)13-11-23)30-21-7-5-4-6-17(19)21/h4-9,14,19H,3,10-13,15H2,1-2H3,(H,24,29)/t19-/m0/s1. The number of benzene rings is 2. The smallest absolute Gasteiger partial charge is 0.251 e. The molecule has 2 aromatic carbocycles. The highest BCUT2D eigenvalue weighted by Gasteiger charge is 2.43. The largest absolute Gasteiger partial charge is 0.487 e. The summed E-state index contributed by atoms with van der Waals surface area (Å²) in [6.07, 6.45) is 2.73. The van der Waals surface area contributed by atoms with Crippen molar-refractivity contribution >= 4 is 16.9 Å². The van der Waals surface area contributed by atoms with Crippen LogP contribution in [0, 0.1) is 0 Å². The summed E-state index contributed by atoms with van der Waals surface area (Å²) in [5.74, 6) is 0.799. The number of fused-ring (bicyclic) bond motifs is 2. The van der Waals surface area contributed by atoms with Crippen LogP contribution in [0.2, 0.25) is 0 Å². The zero-order chi connectivity index (χ0) is 20.7. The van der Waals surface area contributed by atoms with Crippen molar-refractivity contribution in [3.63, 3.8) is 0 Å². The Hall–Kier alpha value is -2.93. The number of nitrogens with one attached hydrogen (secondary N) is 1. The van der Waals surface area contributed by atoms with Crippen LogP contribution in [0.25, 0.3) is 11.0 Å². The molecule has 1 aromatic heterocycles. The summed E-state index contributed by atoms with van der Waals surface area (Å²) in [7, 11) is 2.15. The topological polar surface area (TPSA) is 72.3 Å². The van der Waals surface area contributed by atoms with Crippen molar-refractivity contribution < 1.29 is 9.53 Å². The van der Waals surface area contributed by atoms with Gasteiger partial charge in [-0.25, -0.2) is 4.68 Å². The molecule has 3 heterocycles. The van der Waals surface area contributed by atoms with Crippen LogP contribution in [0.15, 0.2) is 42.5 Å². The highest BCUT2D eigenvalue weighted by Crippen LogP contribution is 2.44. The van der Waals surface area contributed by atoms with Gasteiger partial charge in [-0.2, -0.15) is 0 Å². The van der Waals surface area contributed by atoms with E-state index in [2.05, 4.69) is 33.6 Å². The monoisotopic (exact) mass is 405 g/mol. The van der Waals surface area contributed by atoms with E-state index in [0.717, 1.165) is 61.2 Å². The average molecular weight is 406 g/mol. The molecule has 1 fully saturated rings. The maximum atomic E-state index is 13.2. The van der Waals surface area contributed by atoms with Crippen LogP contribution in [-0.4, -0.2) is 51.5 Å². The molecular formula is C23H27N5O2. The number of amides is 1. The summed E-state index contributed by atoms with van der Waals surface area (Å²) < 4.78 is 8.33. The first kappa shape index (κ1) is 19.1. The minimum absolute atomic E-state index is 0.0760. The number of ether oxygens (including phenoxy) is 1. The Morgan fingerprint density at radius 3 is 2.83 bits per heavy atom. The first-order chi connectivity index (χ1) is 14.6. The summed E-state index contributed by atoms with van der Waals surface area (Å²) in [5, 5.41) is 11.6. The predicted molar refractivity (Wildman–Crippen MR) is 115 cm³/mol. The second kappa shape index (κ2) is 7.40. The third-order valence-electron chi connectivity index (χ3n) is 6.48. The molecule has 0 radical (unpaired) electrons. The van der Waals surface area contributed by atoms with E-state index in [1.54, 1.807) is 0 Å². The van der Waals surface area contributed by atoms with Crippen LogP contribution in [0.3, 0.4) is 0 Å². The van der Waals surface area contributed by atoms with Gasteiger partial charge in [-0.15, -0.1) is 5.10 Å². The van der Waals surface area contributed by atoms with Crippen LogP contribution in [0.1, 0.15) is 48.1 Å². The number of likely N-dealkylation sites (tertiary alicyclic amines) is 1. The van der Waals surface area contributed by atoms with Gasteiger partial charge in [0.05, 0.1) is 11.6 Å². The molecule has 1 atom stereocenters. The van der Waals surface area contributed by atoms with Crippen molar-refractivity contribution in [2.24, 2.45) is 0 Å². The number of para-hydroxylation sites is 1. The first-order valence-corrected chi connectivity index (χ1v) is 10.7. The lowest BCUT2D eigenvalue weighted by molar-refractivity contribution is -0.0195. The number of nitrogens with zero attached hydrogens (tertiary/aromatic N) is 4. The van der Waals surface area contributed by atoms with Crippen molar-refractivity contribution in [1.29, 1.82) is 0 Å². The number of carbonyl (C=O) groups is 1. The van der Waals surface area contributed by atoms with E-state index in [-0.39, 0.29) is 17.6 Å². The Morgan fingerprint density at radius 2 is 2.03 bits per heavy atom. The molecule has 1 saturated heterocycles. The number of aromatic nitrogens is 3. The average Bonchev–Trinajstić information content (AvgIpc) is 3.18. The molecule has 7 heteroatoms. The molecule has 2 aliphatic heterocycles. The molecule has 0 aliphatic carbocycles. The minimum Gasteiger partial charge on any atom is -0.487 e. The Labute approximate surface area is 176 Å². The van der Waals surface area contributed by atoms with E-state index in [1.807, 2.05) is 48.0 Å². The molecule has 0 bridgehead atoms. The van der Waals surface area contributed by atoms with Crippen LogP contribution >= 0.6 is 0 Å². The number of piperidine rings is 1. The van der Waals surface area contributed by atoms with E-state index in [1.165, 1.54) is 0 Å². The molecular weight excluding hydrogens is 378 g/mol. The number of carbonyl (C=O) groups excluding carboxylic acids is 1. The van der Waals surface area contributed by atoms with Gasteiger partial charge in [-0.1, -0.05) is 23.4 Å². The van der Waals surface area contributed by atoms with Gasteiger partial charge in [-0.3, -0.25) is 4.79 Å². The van der Waals surface area contributed by atoms with E-state index >= 15 is 0 Å². The van der Waals surface area contributed by atoms with Crippen LogP contribution in [0.4, 0.5) is 0 Å². The van der Waals surface area contributed by atoms with Gasteiger partial charge in [0.15, 0.2) is 0 Å². The summed E-state index contributed by atoms with van der Waals surface area (Å²) in [6.45, 7) is 4.79. The fourth-order valence-corrected chi connectivity index (χ4v) is 4.67. The maximum absolute atomic E-state index is 13.2. The van der Waals surface area contributed by atoms with E-state index in [9.17, 15) is 4.79 Å². The van der Waals surface area contributed by atoms with Crippen molar-refractivity contribution in [2.45, 2.75) is 44.4 Å². The summed E-state index contributed by atoms with van der Waals surface area (Å²) in [4.78, 5) is 15.5. The van der Waals surface area contributed by atoms with Gasteiger partial charge in [0.1, 0.15) is 16.9 Å². The SMILES string of the molecule is CCn1nnc2cc(C(=O)N[C@H]3CC4(CCN(C)CC4)Oc4ccccc43)ccc21. The molecule has 3 aromatic rings. The fourth-order valence-electron chi connectivity index (χ4n) is 4.67. The van der Waals surface area contributed by atoms with Crippen molar-refractivity contribution in [1.82, 2.24) is 25.2 Å². The zero-order valence-corrected chi connectivity index (χ0v) is 17.5. The van der Waals surface area contributed by atoms with Crippen molar-refractivity contribution in [3.05, 3.63) is 53.6 Å². The highest BCUT2D eigenvalue weighted by molar-refractivity contribution is 5.97. The molecule has 1 N–H and O–H groups in total. The lowest BCUT2D eigenvalue weighted by Gasteiger charge is -2.46. The van der Waals surface area contributed by atoms with Gasteiger partial charge >= 0.3 is 0 Å². The molecule has 1 amide bonds. The number of hydrogen-bond acceptors (Lipinski definition) is 5. The second-order valence-electron chi connectivity index (χ2n) is 8.47. The van der Waals surface area contributed by atoms with Gasteiger partial charge < -0.3 is 15.0 Å². The van der Waals surface area contributed by atoms with Crippen molar-refractivity contribution in [2.75, 3.05) is 20.1 Å². The van der Waals surface area contributed by atoms with Gasteiger partial charge in [0.2, 0.25) is 0 Å². The molecule has 7 nitrogen and oxygen atoms in total. The maximum Gasteiger partial charge on any atom is 0.251 e. The third-order valence-corrected chi connectivity index (χ3v) is 6.48. The number of rotatable bonds is 3. The van der Waals surface area contributed by atoms with Gasteiger partial charge in [0.25, 0.3) is 5.91 Å². The quantitative estimate of drug-likeness (QED) is 0.725.